The minimum Gasteiger partial charge on any atom is -0.394 e. The Kier molecular flexibility index (Phi) is 15.5. The number of fused-ring (bicyclic) bond motifs is 5. The zero-order valence-corrected chi connectivity index (χ0v) is 39.6. The summed E-state index contributed by atoms with van der Waals surface area (Å²) in [5.74, 6) is -0.265. The fraction of sp³-hybridized carbons (Fsp3) is 0.917. The van der Waals surface area contributed by atoms with E-state index in [1.54, 1.807) is 0 Å². The molecule has 4 saturated carbocycles. The number of aliphatic hydroxyl groups is 12. The molecule has 3 heterocycles. The predicted octanol–water partition coefficient (Wildman–Crippen LogP) is -0.251. The molecule has 18 heteroatoms. The first-order valence-corrected chi connectivity index (χ1v) is 24.1. The van der Waals surface area contributed by atoms with E-state index in [2.05, 4.69) is 41.2 Å². The molecule has 7 fully saturated rings. The first-order valence-electron chi connectivity index (χ1n) is 24.1. The van der Waals surface area contributed by atoms with Gasteiger partial charge in [-0.15, -0.1) is 0 Å². The van der Waals surface area contributed by atoms with E-state index in [0.717, 1.165) is 24.8 Å². The minimum absolute atomic E-state index is 0.0796. The number of hydrogen-bond acceptors (Lipinski definition) is 18. The van der Waals surface area contributed by atoms with Crippen LogP contribution >= 0.6 is 0 Å². The molecule has 380 valence electrons. The van der Waals surface area contributed by atoms with Gasteiger partial charge in [-0.2, -0.15) is 0 Å². The monoisotopic (exact) mass is 945 g/mol. The fourth-order valence-electron chi connectivity index (χ4n) is 14.7. The predicted molar refractivity (Wildman–Crippen MR) is 233 cm³/mol. The van der Waals surface area contributed by atoms with Crippen LogP contribution in [0.2, 0.25) is 0 Å². The van der Waals surface area contributed by atoms with E-state index < -0.39 is 135 Å². The van der Waals surface area contributed by atoms with Crippen molar-refractivity contribution in [2.75, 3.05) is 19.8 Å². The van der Waals surface area contributed by atoms with Crippen molar-refractivity contribution in [3.05, 3.63) is 24.3 Å². The molecule has 7 aliphatic rings. The van der Waals surface area contributed by atoms with Gasteiger partial charge < -0.3 is 89.7 Å². The Morgan fingerprint density at radius 1 is 0.636 bits per heavy atom. The summed E-state index contributed by atoms with van der Waals surface area (Å²) in [6, 6.07) is 0. The van der Waals surface area contributed by atoms with Crippen LogP contribution in [0.25, 0.3) is 0 Å². The number of ether oxygens (including phenoxy) is 6. The van der Waals surface area contributed by atoms with E-state index in [1.807, 2.05) is 26.0 Å². The number of aliphatic hydroxyl groups excluding tert-OH is 12. The van der Waals surface area contributed by atoms with Crippen LogP contribution < -0.4 is 0 Å². The molecule has 0 aromatic rings. The summed E-state index contributed by atoms with van der Waals surface area (Å²) in [5, 5.41) is 129. The summed E-state index contributed by atoms with van der Waals surface area (Å²) in [6.45, 7) is 17.2. The molecule has 0 amide bonds. The van der Waals surface area contributed by atoms with Gasteiger partial charge >= 0.3 is 0 Å². The third kappa shape index (κ3) is 8.71. The second-order valence-corrected chi connectivity index (χ2v) is 22.5. The van der Waals surface area contributed by atoms with Gasteiger partial charge in [0.05, 0.1) is 37.6 Å². The van der Waals surface area contributed by atoms with E-state index >= 15 is 0 Å². The van der Waals surface area contributed by atoms with E-state index in [0.29, 0.717) is 32.1 Å². The quantitative estimate of drug-likeness (QED) is 0.0837. The Morgan fingerprint density at radius 3 is 1.74 bits per heavy atom. The zero-order chi connectivity index (χ0) is 48.6. The normalized spacial score (nSPS) is 52.6. The molecule has 7 rings (SSSR count). The maximum Gasteiger partial charge on any atom is 0.187 e. The second-order valence-electron chi connectivity index (χ2n) is 22.5. The van der Waals surface area contributed by atoms with Crippen LogP contribution in [0.4, 0.5) is 0 Å². The maximum atomic E-state index is 12.6. The Balaban J connectivity index is 1.13. The van der Waals surface area contributed by atoms with Crippen molar-refractivity contribution in [1.29, 1.82) is 0 Å². The van der Waals surface area contributed by atoms with Gasteiger partial charge in [0.1, 0.15) is 73.2 Å². The molecule has 12 N–H and O–H groups in total. The Morgan fingerprint density at radius 2 is 1.17 bits per heavy atom. The Labute approximate surface area is 388 Å². The van der Waals surface area contributed by atoms with Gasteiger partial charge in [-0.3, -0.25) is 0 Å². The summed E-state index contributed by atoms with van der Waals surface area (Å²) < 4.78 is 37.1. The van der Waals surface area contributed by atoms with Crippen LogP contribution in [0, 0.1) is 45.3 Å². The minimum atomic E-state index is -1.80. The van der Waals surface area contributed by atoms with E-state index in [9.17, 15) is 61.3 Å². The smallest absolute Gasteiger partial charge is 0.187 e. The Hall–Kier alpha value is -1.24. The zero-order valence-electron chi connectivity index (χ0n) is 39.6. The lowest BCUT2D eigenvalue weighted by molar-refractivity contribution is -0.378. The molecule has 3 saturated heterocycles. The highest BCUT2D eigenvalue weighted by atomic mass is 16.8. The lowest BCUT2D eigenvalue weighted by Crippen LogP contribution is -2.68. The highest BCUT2D eigenvalue weighted by molar-refractivity contribution is 5.21. The van der Waals surface area contributed by atoms with Gasteiger partial charge in [-0.1, -0.05) is 58.9 Å². The van der Waals surface area contributed by atoms with Crippen LogP contribution in [0.5, 0.6) is 0 Å². The first kappa shape index (κ1) is 52.6. The molecule has 18 nitrogen and oxygen atoms in total. The first-order chi connectivity index (χ1) is 30.8. The van der Waals surface area contributed by atoms with Crippen LogP contribution in [-0.4, -0.2) is 191 Å². The molecule has 25 atom stereocenters. The molecule has 3 aliphatic heterocycles. The summed E-state index contributed by atoms with van der Waals surface area (Å²) in [5.41, 5.74) is -1.58. The SMILES string of the molecule is C=C(C)/C=C/CC(C)(OC1OC(CO)C(O)C(O)C1O)C1CCC2(C)C1C(O)CC1C3(C)CCC(OC4OC(CO)C(O)C(O)C4OC4OC(CO)C(O)C(O)C4O)C(C)(C)C3CCC12C. The van der Waals surface area contributed by atoms with Crippen LogP contribution in [0.3, 0.4) is 0 Å². The number of hydrogen-bond donors (Lipinski definition) is 12. The van der Waals surface area contributed by atoms with Crippen molar-refractivity contribution < 1.29 is 89.7 Å². The maximum absolute atomic E-state index is 12.6. The van der Waals surface area contributed by atoms with Crippen molar-refractivity contribution >= 4 is 0 Å². The summed E-state index contributed by atoms with van der Waals surface area (Å²) in [7, 11) is 0. The number of allylic oxidation sites excluding steroid dienone is 2. The lowest BCUT2D eigenvalue weighted by Gasteiger charge is -2.71. The van der Waals surface area contributed by atoms with Gasteiger partial charge in [0.15, 0.2) is 18.9 Å². The van der Waals surface area contributed by atoms with Crippen LogP contribution in [0.15, 0.2) is 24.3 Å². The lowest BCUT2D eigenvalue weighted by atomic mass is 9.35. The molecule has 0 aromatic carbocycles. The molecule has 0 aromatic heterocycles. The molecule has 66 heavy (non-hydrogen) atoms. The average Bonchev–Trinajstić information content (AvgIpc) is 3.65. The van der Waals surface area contributed by atoms with Crippen molar-refractivity contribution in [2.45, 2.75) is 210 Å². The van der Waals surface area contributed by atoms with Gasteiger partial charge in [-0.05, 0) is 111 Å². The largest absolute Gasteiger partial charge is 0.394 e. The molecular weight excluding hydrogens is 865 g/mol. The molecule has 0 bridgehead atoms. The summed E-state index contributed by atoms with van der Waals surface area (Å²) in [6.07, 6.45) is -14.8. The van der Waals surface area contributed by atoms with Crippen molar-refractivity contribution in [2.24, 2.45) is 45.3 Å². The van der Waals surface area contributed by atoms with E-state index in [1.165, 1.54) is 0 Å². The molecule has 0 radical (unpaired) electrons. The topological polar surface area (TPSA) is 298 Å². The molecular formula is C48H80O18. The second kappa shape index (κ2) is 19.4. The average molecular weight is 945 g/mol. The van der Waals surface area contributed by atoms with Gasteiger partial charge in [0.25, 0.3) is 0 Å². The molecule has 4 aliphatic carbocycles. The summed E-state index contributed by atoms with van der Waals surface area (Å²) >= 11 is 0. The van der Waals surface area contributed by atoms with Gasteiger partial charge in [0, 0.05) is 0 Å². The third-order valence-corrected chi connectivity index (χ3v) is 18.5. The standard InChI is InChI=1S/C48H80O18/c1-22(2)10-9-14-48(8,66-42-39(60)36(57)33(54)26(20-50)62-42)23-11-16-47(7)31(23)24(52)18-29-45(5)15-13-30(44(3,4)28(45)12-17-46(29,47)6)64-43-40(37(58)34(55)27(21-51)63-43)65-41-38(59)35(56)32(53)25(19-49)61-41/h9-10,23-43,49-60H,1,11-21H2,2-8H3/b10-9+. The third-order valence-electron chi connectivity index (χ3n) is 18.5. The van der Waals surface area contributed by atoms with Crippen molar-refractivity contribution in [3.8, 4) is 0 Å². The Bertz CT molecular complexity index is 1710. The molecule has 0 spiro atoms. The number of rotatable bonds is 13. The fourth-order valence-corrected chi connectivity index (χ4v) is 14.7. The highest BCUT2D eigenvalue weighted by Gasteiger charge is 2.72. The summed E-state index contributed by atoms with van der Waals surface area (Å²) in [4.78, 5) is 0. The van der Waals surface area contributed by atoms with Crippen LogP contribution in [-0.2, 0) is 28.4 Å². The van der Waals surface area contributed by atoms with Gasteiger partial charge in [0.2, 0.25) is 0 Å². The van der Waals surface area contributed by atoms with Crippen molar-refractivity contribution in [3.63, 3.8) is 0 Å². The van der Waals surface area contributed by atoms with Crippen LogP contribution in [0.1, 0.15) is 99.8 Å². The highest BCUT2D eigenvalue weighted by Crippen LogP contribution is 2.76. The van der Waals surface area contributed by atoms with E-state index in [4.69, 9.17) is 28.4 Å². The molecule has 25 unspecified atom stereocenters. The van der Waals surface area contributed by atoms with Crippen molar-refractivity contribution in [1.82, 2.24) is 0 Å². The van der Waals surface area contributed by atoms with Gasteiger partial charge in [-0.25, -0.2) is 0 Å². The van der Waals surface area contributed by atoms with E-state index in [-0.39, 0.29) is 39.9 Å².